The molecule has 0 saturated carbocycles. The minimum Gasteiger partial charge on any atom is -0.378 e. The summed E-state index contributed by atoms with van der Waals surface area (Å²) in [5.74, 6) is 0. The van der Waals surface area contributed by atoms with Gasteiger partial charge in [0.1, 0.15) is 0 Å². The number of carbonyl (C=O) groups is 1. The number of aromatic nitrogens is 1. The van der Waals surface area contributed by atoms with Crippen LogP contribution in [-0.4, -0.2) is 84.7 Å². The second kappa shape index (κ2) is 19.3. The highest BCUT2D eigenvalue weighted by atomic mass is 32.2. The van der Waals surface area contributed by atoms with E-state index in [0.717, 1.165) is 13.0 Å². The van der Waals surface area contributed by atoms with Gasteiger partial charge in [-0.1, -0.05) is 6.92 Å². The number of nitrogens with zero attached hydrogens (tertiary/aromatic N) is 4. The Morgan fingerprint density at radius 3 is 1.44 bits per heavy atom. The maximum absolute atomic E-state index is 9.56. The number of rotatable bonds is 5. The molecule has 1 amide bonds. The van der Waals surface area contributed by atoms with E-state index < -0.39 is 10.8 Å². The monoisotopic (exact) mass is 402 g/mol. The molecule has 0 saturated heterocycles. The number of carbonyl (C=O) groups excluding carboxylic acids is 1. The molecule has 0 aromatic carbocycles. The molecule has 1 aromatic heterocycles. The third kappa shape index (κ3) is 24.5. The van der Waals surface area contributed by atoms with Crippen molar-refractivity contribution < 1.29 is 9.00 Å². The Morgan fingerprint density at radius 2 is 1.33 bits per heavy atom. The number of hydrogen-bond acceptors (Lipinski definition) is 5. The fraction of sp³-hybridized carbons (Fsp3) is 0.700. The summed E-state index contributed by atoms with van der Waals surface area (Å²) in [6.45, 7) is 12.3. The van der Waals surface area contributed by atoms with E-state index in [0.29, 0.717) is 12.1 Å². The first-order valence-electron chi connectivity index (χ1n) is 9.10. The molecule has 7 heteroatoms. The van der Waals surface area contributed by atoms with Crippen LogP contribution in [-0.2, 0) is 15.6 Å². The van der Waals surface area contributed by atoms with Crippen LogP contribution >= 0.6 is 0 Å². The van der Waals surface area contributed by atoms with Gasteiger partial charge >= 0.3 is 0 Å². The third-order valence-corrected chi connectivity index (χ3v) is 3.08. The summed E-state index contributed by atoms with van der Waals surface area (Å²) >= 11 is 0. The molecule has 0 spiro atoms. The Labute approximate surface area is 170 Å². The normalized spacial score (nSPS) is 9.59. The average Bonchev–Trinajstić information content (AvgIpc) is 2.56. The van der Waals surface area contributed by atoms with Crippen LogP contribution in [0.5, 0.6) is 0 Å². The van der Waals surface area contributed by atoms with Gasteiger partial charge in [-0.05, 0) is 46.4 Å². The lowest BCUT2D eigenvalue weighted by Gasteiger charge is -2.28. The van der Waals surface area contributed by atoms with E-state index in [-0.39, 0.29) is 0 Å². The highest BCUT2D eigenvalue weighted by molar-refractivity contribution is 7.83. The van der Waals surface area contributed by atoms with Gasteiger partial charge in [-0.15, -0.1) is 0 Å². The van der Waals surface area contributed by atoms with E-state index >= 15 is 0 Å². The van der Waals surface area contributed by atoms with Crippen molar-refractivity contribution in [2.75, 3.05) is 52.1 Å². The van der Waals surface area contributed by atoms with Crippen molar-refractivity contribution in [2.45, 2.75) is 46.7 Å². The molecule has 1 rings (SSSR count). The fourth-order valence-corrected chi connectivity index (χ4v) is 1.97. The van der Waals surface area contributed by atoms with Crippen LogP contribution in [0.4, 0.5) is 5.69 Å². The number of hydrogen-bond donors (Lipinski definition) is 0. The molecule has 0 bridgehead atoms. The predicted octanol–water partition coefficient (Wildman–Crippen LogP) is 2.97. The van der Waals surface area contributed by atoms with Crippen LogP contribution in [0.2, 0.25) is 0 Å². The van der Waals surface area contributed by atoms with Gasteiger partial charge < -0.3 is 9.80 Å². The summed E-state index contributed by atoms with van der Waals surface area (Å²) in [7, 11) is 6.78. The molecular formula is C20H42N4O2S. The molecule has 0 aliphatic carbocycles. The van der Waals surface area contributed by atoms with Crippen LogP contribution in [0.1, 0.15) is 34.6 Å². The van der Waals surface area contributed by atoms with Crippen molar-refractivity contribution in [3.63, 3.8) is 0 Å². The lowest BCUT2D eigenvalue weighted by Crippen LogP contribution is -2.36. The zero-order chi connectivity index (χ0) is 22.0. The van der Waals surface area contributed by atoms with Crippen LogP contribution in [0, 0.1) is 0 Å². The molecule has 1 heterocycles. The maximum atomic E-state index is 9.56. The second-order valence-electron chi connectivity index (χ2n) is 6.93. The van der Waals surface area contributed by atoms with E-state index in [1.165, 1.54) is 10.6 Å². The predicted molar refractivity (Wildman–Crippen MR) is 121 cm³/mol. The Bertz CT molecular complexity index is 454. The lowest BCUT2D eigenvalue weighted by molar-refractivity contribution is -0.115. The van der Waals surface area contributed by atoms with Gasteiger partial charge in [-0.3, -0.25) is 18.9 Å². The van der Waals surface area contributed by atoms with Gasteiger partial charge in [-0.25, -0.2) is 0 Å². The van der Waals surface area contributed by atoms with Crippen LogP contribution in [0.3, 0.4) is 0 Å². The van der Waals surface area contributed by atoms with Crippen molar-refractivity contribution in [1.82, 2.24) is 14.8 Å². The summed E-state index contributed by atoms with van der Waals surface area (Å²) in [5, 5.41) is 0. The number of anilines is 1. The van der Waals surface area contributed by atoms with Crippen LogP contribution in [0.15, 0.2) is 24.5 Å². The third-order valence-electron chi connectivity index (χ3n) is 3.08. The lowest BCUT2D eigenvalue weighted by atomic mass is 10.2. The molecule has 0 aliphatic rings. The first-order valence-corrected chi connectivity index (χ1v) is 11.1. The zero-order valence-corrected chi connectivity index (χ0v) is 20.1. The van der Waals surface area contributed by atoms with Gasteiger partial charge in [0.15, 0.2) is 0 Å². The van der Waals surface area contributed by atoms with Crippen molar-refractivity contribution in [3.8, 4) is 0 Å². The molecule has 0 atom stereocenters. The van der Waals surface area contributed by atoms with E-state index in [4.69, 9.17) is 0 Å². The van der Waals surface area contributed by atoms with E-state index in [1.807, 2.05) is 31.1 Å². The van der Waals surface area contributed by atoms with Crippen molar-refractivity contribution in [1.29, 1.82) is 0 Å². The van der Waals surface area contributed by atoms with Gasteiger partial charge in [0.2, 0.25) is 6.41 Å². The highest BCUT2D eigenvalue weighted by Gasteiger charge is 2.08. The highest BCUT2D eigenvalue weighted by Crippen LogP contribution is 2.05. The Morgan fingerprint density at radius 1 is 1.00 bits per heavy atom. The number of amides is 1. The molecule has 0 N–H and O–H groups in total. The standard InChI is InChI=1S/C8H19N.C7H10N2.C3H7NO.C2H6OS/c1-6-9(7(2)3)8(4)5;1-9(2)7-3-5-8-6-4-7;1-4(2)3-5;1-4(2)3/h7-8H,6H2,1-5H3;3-6H,1-2H3;3H,1-2H3;1-2H3. The maximum Gasteiger partial charge on any atom is 0.209 e. The van der Waals surface area contributed by atoms with Crippen LogP contribution in [0.25, 0.3) is 0 Å². The Hall–Kier alpha value is -1.47. The SMILES string of the molecule is CCN(C(C)C)C(C)C.CN(C)C=O.CN(C)c1ccncc1.CS(C)=O. The second-order valence-corrected chi connectivity index (χ2v) is 8.41. The smallest absolute Gasteiger partial charge is 0.209 e. The van der Waals surface area contributed by atoms with Gasteiger partial charge in [0, 0.05) is 81.7 Å². The Kier molecular flexibility index (Phi) is 21.6. The van der Waals surface area contributed by atoms with Gasteiger partial charge in [0.25, 0.3) is 0 Å². The molecular weight excluding hydrogens is 360 g/mol. The zero-order valence-electron chi connectivity index (χ0n) is 19.3. The summed E-state index contributed by atoms with van der Waals surface area (Å²) in [6, 6.07) is 5.32. The molecule has 0 aliphatic heterocycles. The summed E-state index contributed by atoms with van der Waals surface area (Å²) in [6.07, 6.45) is 7.60. The summed E-state index contributed by atoms with van der Waals surface area (Å²) in [5.41, 5.74) is 1.19. The average molecular weight is 403 g/mol. The molecule has 6 nitrogen and oxygen atoms in total. The molecule has 1 aromatic rings. The van der Waals surface area contributed by atoms with Gasteiger partial charge in [0.05, 0.1) is 0 Å². The Balaban J connectivity index is -0.000000302. The van der Waals surface area contributed by atoms with Gasteiger partial charge in [-0.2, -0.15) is 0 Å². The van der Waals surface area contributed by atoms with E-state index in [2.05, 4.69) is 44.5 Å². The van der Waals surface area contributed by atoms with Crippen molar-refractivity contribution in [3.05, 3.63) is 24.5 Å². The molecule has 27 heavy (non-hydrogen) atoms. The first kappa shape index (κ1) is 30.3. The molecule has 0 fully saturated rings. The minimum absolute atomic E-state index is 0.611. The topological polar surface area (TPSA) is 56.8 Å². The number of pyridine rings is 1. The minimum atomic E-state index is -0.611. The van der Waals surface area contributed by atoms with Crippen LogP contribution < -0.4 is 4.90 Å². The van der Waals surface area contributed by atoms with Crippen molar-refractivity contribution >= 4 is 22.9 Å². The van der Waals surface area contributed by atoms with E-state index in [9.17, 15) is 9.00 Å². The first-order chi connectivity index (χ1) is 12.4. The van der Waals surface area contributed by atoms with Crippen molar-refractivity contribution in [2.24, 2.45) is 0 Å². The molecule has 0 unspecified atom stereocenters. The molecule has 160 valence electrons. The quantitative estimate of drug-likeness (QED) is 0.709. The summed E-state index contributed by atoms with van der Waals surface area (Å²) in [4.78, 5) is 19.3. The largest absolute Gasteiger partial charge is 0.378 e. The van der Waals surface area contributed by atoms with E-state index in [1.54, 1.807) is 39.0 Å². The summed E-state index contributed by atoms with van der Waals surface area (Å²) < 4.78 is 9.56. The molecule has 0 radical (unpaired) electrons. The fourth-order valence-electron chi connectivity index (χ4n) is 1.97.